The zero-order chi connectivity index (χ0) is 26.3. The fraction of sp³-hybridized carbons (Fsp3) is 0.182. The minimum absolute atomic E-state index is 0.0313. The number of benzene rings is 4. The van der Waals surface area contributed by atoms with Crippen LogP contribution < -0.4 is 10.2 Å². The number of aromatic amines is 1. The van der Waals surface area contributed by atoms with Crippen molar-refractivity contribution >= 4 is 22.5 Å². The smallest absolute Gasteiger partial charge is 0.255 e. The maximum atomic E-state index is 14.0. The number of carbonyl (C=O) groups excluding carboxylic acids is 1. The Labute approximate surface area is 227 Å². The van der Waals surface area contributed by atoms with Crippen LogP contribution in [0, 0.1) is 0 Å². The number of hydrogen-bond acceptors (Lipinski definition) is 4. The number of aromatic hydroxyl groups is 1. The van der Waals surface area contributed by atoms with Gasteiger partial charge in [-0.15, -0.1) is 0 Å². The maximum Gasteiger partial charge on any atom is 0.255 e. The number of phenols is 1. The molecule has 1 aromatic heterocycles. The van der Waals surface area contributed by atoms with Crippen LogP contribution in [0.5, 0.6) is 5.75 Å². The van der Waals surface area contributed by atoms with Gasteiger partial charge in [-0.25, -0.2) is 0 Å². The highest BCUT2D eigenvalue weighted by Crippen LogP contribution is 2.40. The number of hydrogen-bond donors (Lipinski definition) is 3. The summed E-state index contributed by atoms with van der Waals surface area (Å²) in [5.74, 6) is 0.145. The number of aromatic nitrogens is 1. The van der Waals surface area contributed by atoms with Crippen LogP contribution in [0.15, 0.2) is 97.1 Å². The van der Waals surface area contributed by atoms with Crippen molar-refractivity contribution in [3.63, 3.8) is 0 Å². The Morgan fingerprint density at radius 1 is 0.795 bits per heavy atom. The van der Waals surface area contributed by atoms with Gasteiger partial charge in [-0.1, -0.05) is 60.7 Å². The zero-order valence-corrected chi connectivity index (χ0v) is 21.6. The molecule has 0 aliphatic carbocycles. The van der Waals surface area contributed by atoms with Gasteiger partial charge in [0.15, 0.2) is 0 Å². The van der Waals surface area contributed by atoms with Crippen molar-refractivity contribution in [1.82, 2.24) is 15.2 Å². The van der Waals surface area contributed by atoms with Crippen molar-refractivity contribution in [2.24, 2.45) is 0 Å². The third kappa shape index (κ3) is 4.23. The van der Waals surface area contributed by atoms with Gasteiger partial charge in [0, 0.05) is 60.7 Å². The van der Waals surface area contributed by atoms with Crippen molar-refractivity contribution in [3.8, 4) is 16.9 Å². The van der Waals surface area contributed by atoms with Gasteiger partial charge < -0.3 is 25.2 Å². The van der Waals surface area contributed by atoms with E-state index in [1.807, 2.05) is 41.3 Å². The molecule has 2 aliphatic heterocycles. The summed E-state index contributed by atoms with van der Waals surface area (Å²) in [6.07, 6.45) is 0. The summed E-state index contributed by atoms with van der Waals surface area (Å²) < 4.78 is 0. The number of rotatable bonds is 5. The number of phenolic OH excluding ortho intramolecular Hbond substituents is 1. The van der Waals surface area contributed by atoms with Gasteiger partial charge in [-0.3, -0.25) is 4.79 Å². The van der Waals surface area contributed by atoms with Crippen LogP contribution in [0.3, 0.4) is 0 Å². The number of fused-ring (bicyclic) bond motifs is 2. The predicted octanol–water partition coefficient (Wildman–Crippen LogP) is 5.70. The standard InChI is InChI=1S/C33H30N4O2/c38-31-8-4-2-6-27(31)32(30-20-24-5-1-3-7-29(24)35-30)37-21-25-10-9-23(19-28(25)33(37)39)22-11-13-26(14-12-22)36-17-15-34-16-18-36/h1-14,19-20,32,34-35,38H,15-18,21H2/t32-/m1/s1. The summed E-state index contributed by atoms with van der Waals surface area (Å²) >= 11 is 0. The molecule has 5 aromatic rings. The normalized spacial score (nSPS) is 16.1. The van der Waals surface area contributed by atoms with Gasteiger partial charge in [0.25, 0.3) is 5.91 Å². The second-order valence-electron chi connectivity index (χ2n) is 10.4. The topological polar surface area (TPSA) is 71.6 Å². The van der Waals surface area contributed by atoms with Gasteiger partial charge in [-0.05, 0) is 58.5 Å². The zero-order valence-electron chi connectivity index (χ0n) is 21.6. The Morgan fingerprint density at radius 3 is 2.33 bits per heavy atom. The first-order valence-corrected chi connectivity index (χ1v) is 13.5. The molecule has 3 N–H and O–H groups in total. The second kappa shape index (κ2) is 9.64. The monoisotopic (exact) mass is 514 g/mol. The van der Waals surface area contributed by atoms with Crippen molar-refractivity contribution in [2.75, 3.05) is 31.1 Å². The number of para-hydroxylation sites is 2. The molecule has 0 saturated carbocycles. The van der Waals surface area contributed by atoms with Crippen LogP contribution in [0.1, 0.15) is 33.2 Å². The maximum absolute atomic E-state index is 14.0. The van der Waals surface area contributed by atoms with Crippen molar-refractivity contribution < 1.29 is 9.90 Å². The van der Waals surface area contributed by atoms with Gasteiger partial charge in [0.05, 0.1) is 0 Å². The number of H-pyrrole nitrogens is 1. The molecular formula is C33H30N4O2. The number of nitrogens with zero attached hydrogens (tertiary/aromatic N) is 2. The number of carbonyl (C=O) groups is 1. The fourth-order valence-electron chi connectivity index (χ4n) is 5.96. The Bertz CT molecular complexity index is 1630. The second-order valence-corrected chi connectivity index (χ2v) is 10.4. The lowest BCUT2D eigenvalue weighted by Crippen LogP contribution is -2.43. The van der Waals surface area contributed by atoms with Crippen LogP contribution in [0.4, 0.5) is 5.69 Å². The van der Waals surface area contributed by atoms with E-state index in [9.17, 15) is 9.90 Å². The van der Waals surface area contributed by atoms with Crippen LogP contribution >= 0.6 is 0 Å². The molecule has 194 valence electrons. The van der Waals surface area contributed by atoms with Crippen molar-refractivity contribution in [1.29, 1.82) is 0 Å². The molecule has 0 bridgehead atoms. The number of anilines is 1. The number of nitrogens with one attached hydrogen (secondary N) is 2. The molecule has 0 radical (unpaired) electrons. The number of piperazine rings is 1. The predicted molar refractivity (Wildman–Crippen MR) is 155 cm³/mol. The molecule has 1 amide bonds. The lowest BCUT2D eigenvalue weighted by molar-refractivity contribution is 0.0727. The summed E-state index contributed by atoms with van der Waals surface area (Å²) in [5, 5.41) is 15.3. The molecule has 39 heavy (non-hydrogen) atoms. The SMILES string of the molecule is O=C1c2cc(-c3ccc(N4CCNCC4)cc3)ccc2CN1[C@@H](c1cc2ccccc2[nH]1)c1ccccc1O. The molecule has 1 atom stereocenters. The summed E-state index contributed by atoms with van der Waals surface area (Å²) in [4.78, 5) is 21.7. The third-order valence-electron chi connectivity index (χ3n) is 8.01. The van der Waals surface area contributed by atoms with Gasteiger partial charge in [0.2, 0.25) is 0 Å². The molecule has 6 heteroatoms. The average Bonchev–Trinajstić information content (AvgIpc) is 3.55. The highest BCUT2D eigenvalue weighted by molar-refractivity contribution is 6.00. The van der Waals surface area contributed by atoms with E-state index in [2.05, 4.69) is 63.7 Å². The molecule has 2 aliphatic rings. The van der Waals surface area contributed by atoms with E-state index in [0.717, 1.165) is 65.0 Å². The van der Waals surface area contributed by atoms with Gasteiger partial charge in [-0.2, -0.15) is 0 Å². The molecular weight excluding hydrogens is 484 g/mol. The van der Waals surface area contributed by atoms with Crippen LogP contribution in [0.2, 0.25) is 0 Å². The number of amides is 1. The molecule has 6 nitrogen and oxygen atoms in total. The quantitative estimate of drug-likeness (QED) is 0.282. The van der Waals surface area contributed by atoms with E-state index in [4.69, 9.17) is 0 Å². The molecule has 1 fully saturated rings. The van der Waals surface area contributed by atoms with Crippen molar-refractivity contribution in [2.45, 2.75) is 12.6 Å². The molecule has 4 aromatic carbocycles. The first kappa shape index (κ1) is 23.6. The molecule has 0 unspecified atom stereocenters. The molecule has 0 spiro atoms. The highest BCUT2D eigenvalue weighted by atomic mass is 16.3. The summed E-state index contributed by atoms with van der Waals surface area (Å²) in [6.45, 7) is 4.51. The van der Waals surface area contributed by atoms with E-state index in [1.54, 1.807) is 12.1 Å². The summed E-state index contributed by atoms with van der Waals surface area (Å²) in [7, 11) is 0. The van der Waals surface area contributed by atoms with E-state index >= 15 is 0 Å². The lowest BCUT2D eigenvalue weighted by Gasteiger charge is -2.29. The minimum Gasteiger partial charge on any atom is -0.508 e. The Kier molecular flexibility index (Phi) is 5.82. The van der Waals surface area contributed by atoms with Crippen molar-refractivity contribution in [3.05, 3.63) is 119 Å². The molecule has 1 saturated heterocycles. The largest absolute Gasteiger partial charge is 0.508 e. The Balaban J connectivity index is 1.22. The van der Waals surface area contributed by atoms with Gasteiger partial charge in [0.1, 0.15) is 11.8 Å². The first-order chi connectivity index (χ1) is 19.2. The third-order valence-corrected chi connectivity index (χ3v) is 8.01. The minimum atomic E-state index is -0.444. The highest BCUT2D eigenvalue weighted by Gasteiger charge is 2.36. The van der Waals surface area contributed by atoms with E-state index < -0.39 is 6.04 Å². The van der Waals surface area contributed by atoms with E-state index in [1.165, 1.54) is 5.69 Å². The fourth-order valence-corrected chi connectivity index (χ4v) is 5.96. The molecule has 3 heterocycles. The van der Waals surface area contributed by atoms with Crippen LogP contribution in [0.25, 0.3) is 22.0 Å². The average molecular weight is 515 g/mol. The van der Waals surface area contributed by atoms with Gasteiger partial charge >= 0.3 is 0 Å². The summed E-state index contributed by atoms with van der Waals surface area (Å²) in [6, 6.07) is 31.8. The first-order valence-electron chi connectivity index (χ1n) is 13.5. The van der Waals surface area contributed by atoms with Crippen LogP contribution in [-0.2, 0) is 6.54 Å². The van der Waals surface area contributed by atoms with E-state index in [0.29, 0.717) is 12.1 Å². The molecule has 7 rings (SSSR count). The Hall–Kier alpha value is -4.55. The van der Waals surface area contributed by atoms with Crippen LogP contribution in [-0.4, -0.2) is 47.1 Å². The summed E-state index contributed by atoms with van der Waals surface area (Å²) in [5.41, 5.74) is 7.65. The lowest BCUT2D eigenvalue weighted by atomic mass is 10.00. The van der Waals surface area contributed by atoms with E-state index in [-0.39, 0.29) is 11.7 Å². The Morgan fingerprint density at radius 2 is 1.54 bits per heavy atom.